The van der Waals surface area contributed by atoms with Crippen molar-refractivity contribution in [3.05, 3.63) is 40.1 Å². The van der Waals surface area contributed by atoms with E-state index in [-0.39, 0.29) is 11.9 Å². The van der Waals surface area contributed by atoms with Crippen LogP contribution in [0.3, 0.4) is 0 Å². The summed E-state index contributed by atoms with van der Waals surface area (Å²) in [7, 11) is 0. The molecule has 21 heavy (non-hydrogen) atoms. The SMILES string of the molecule is Nc1ncc2c(n1)-c1c([nH]c3ccc(Br)cc13)C(=O)NC2. The molecular weight excluding hydrogens is 334 g/mol. The highest BCUT2D eigenvalue weighted by molar-refractivity contribution is 9.10. The Labute approximate surface area is 127 Å². The van der Waals surface area contributed by atoms with Crippen LogP contribution in [0.25, 0.3) is 22.2 Å². The van der Waals surface area contributed by atoms with Gasteiger partial charge in [0, 0.05) is 39.2 Å². The first-order valence-corrected chi connectivity index (χ1v) is 7.14. The normalized spacial score (nSPS) is 13.5. The molecule has 4 rings (SSSR count). The van der Waals surface area contributed by atoms with Crippen LogP contribution < -0.4 is 11.1 Å². The Kier molecular flexibility index (Phi) is 2.52. The van der Waals surface area contributed by atoms with E-state index < -0.39 is 0 Å². The second-order valence-electron chi connectivity index (χ2n) is 4.85. The number of nitrogens with zero attached hydrogens (tertiary/aromatic N) is 2. The lowest BCUT2D eigenvalue weighted by Gasteiger charge is -2.05. The number of anilines is 1. The van der Waals surface area contributed by atoms with Crippen LogP contribution in [-0.2, 0) is 6.54 Å². The van der Waals surface area contributed by atoms with Gasteiger partial charge in [0.1, 0.15) is 5.69 Å². The van der Waals surface area contributed by atoms with Crippen molar-refractivity contribution in [3.63, 3.8) is 0 Å². The van der Waals surface area contributed by atoms with Gasteiger partial charge in [-0.3, -0.25) is 4.79 Å². The number of halogens is 1. The Morgan fingerprint density at radius 3 is 3.05 bits per heavy atom. The van der Waals surface area contributed by atoms with Crippen molar-refractivity contribution in [3.8, 4) is 11.3 Å². The standard InChI is InChI=1S/C14H10BrN5O/c15-7-1-2-9-8(3-7)10-11-6(5-18-14(16)20-11)4-17-13(21)12(10)19-9/h1-3,5,19H,4H2,(H,17,21)(H2,16,18,20). The third-order valence-electron chi connectivity index (χ3n) is 3.55. The van der Waals surface area contributed by atoms with Gasteiger partial charge in [0.25, 0.3) is 5.91 Å². The minimum Gasteiger partial charge on any atom is -0.368 e. The van der Waals surface area contributed by atoms with Crippen LogP contribution in [0.4, 0.5) is 5.95 Å². The topological polar surface area (TPSA) is 96.7 Å². The van der Waals surface area contributed by atoms with Crippen LogP contribution in [0.5, 0.6) is 0 Å². The minimum absolute atomic E-state index is 0.158. The maximum atomic E-state index is 12.3. The van der Waals surface area contributed by atoms with Crippen molar-refractivity contribution in [1.29, 1.82) is 0 Å². The summed E-state index contributed by atoms with van der Waals surface area (Å²) in [5.41, 5.74) is 9.41. The highest BCUT2D eigenvalue weighted by Crippen LogP contribution is 2.36. The maximum absolute atomic E-state index is 12.3. The van der Waals surface area contributed by atoms with E-state index in [1.807, 2.05) is 18.2 Å². The fourth-order valence-corrected chi connectivity index (χ4v) is 2.97. The molecule has 0 fully saturated rings. The molecular formula is C14H10BrN5O. The zero-order valence-corrected chi connectivity index (χ0v) is 12.4. The molecule has 0 spiro atoms. The number of benzene rings is 1. The lowest BCUT2D eigenvalue weighted by molar-refractivity contribution is 0.0948. The maximum Gasteiger partial charge on any atom is 0.268 e. The van der Waals surface area contributed by atoms with Crippen LogP contribution in [0, 0.1) is 0 Å². The van der Waals surface area contributed by atoms with Crippen LogP contribution in [0.15, 0.2) is 28.9 Å². The van der Waals surface area contributed by atoms with E-state index in [4.69, 9.17) is 5.73 Å². The smallest absolute Gasteiger partial charge is 0.268 e. The molecule has 6 nitrogen and oxygen atoms in total. The monoisotopic (exact) mass is 343 g/mol. The van der Waals surface area contributed by atoms with Crippen molar-refractivity contribution < 1.29 is 4.79 Å². The number of rotatable bonds is 0. The van der Waals surface area contributed by atoms with Crippen LogP contribution in [0.1, 0.15) is 16.1 Å². The number of amides is 1. The molecule has 0 radical (unpaired) electrons. The van der Waals surface area contributed by atoms with Crippen LogP contribution >= 0.6 is 15.9 Å². The molecule has 1 aliphatic heterocycles. The van der Waals surface area contributed by atoms with Crippen molar-refractivity contribution in [2.75, 3.05) is 5.73 Å². The van der Waals surface area contributed by atoms with Gasteiger partial charge in [0.05, 0.1) is 5.69 Å². The van der Waals surface area contributed by atoms with Gasteiger partial charge in [-0.05, 0) is 18.2 Å². The molecule has 0 saturated carbocycles. The van der Waals surface area contributed by atoms with E-state index >= 15 is 0 Å². The quantitative estimate of drug-likeness (QED) is 0.583. The summed E-state index contributed by atoms with van der Waals surface area (Å²) in [5, 5.41) is 3.78. The first kappa shape index (κ1) is 12.3. The van der Waals surface area contributed by atoms with E-state index in [2.05, 4.69) is 36.2 Å². The molecule has 3 heterocycles. The van der Waals surface area contributed by atoms with Gasteiger partial charge in [-0.25, -0.2) is 9.97 Å². The molecule has 7 heteroatoms. The van der Waals surface area contributed by atoms with Gasteiger partial charge in [-0.1, -0.05) is 15.9 Å². The van der Waals surface area contributed by atoms with E-state index in [1.54, 1.807) is 6.20 Å². The summed E-state index contributed by atoms with van der Waals surface area (Å²) in [6, 6.07) is 5.81. The van der Waals surface area contributed by atoms with Crippen molar-refractivity contribution in [1.82, 2.24) is 20.3 Å². The summed E-state index contributed by atoms with van der Waals surface area (Å²) in [4.78, 5) is 23.8. The first-order valence-electron chi connectivity index (χ1n) is 6.34. The van der Waals surface area contributed by atoms with Crippen molar-refractivity contribution in [2.24, 2.45) is 0 Å². The van der Waals surface area contributed by atoms with Crippen molar-refractivity contribution in [2.45, 2.75) is 6.54 Å². The molecule has 0 atom stereocenters. The Morgan fingerprint density at radius 2 is 2.19 bits per heavy atom. The summed E-state index contributed by atoms with van der Waals surface area (Å²) >= 11 is 3.46. The number of aromatic amines is 1. The zero-order valence-electron chi connectivity index (χ0n) is 10.8. The van der Waals surface area contributed by atoms with Gasteiger partial charge >= 0.3 is 0 Å². The summed E-state index contributed by atoms with van der Waals surface area (Å²) < 4.78 is 0.935. The molecule has 0 aliphatic carbocycles. The second-order valence-corrected chi connectivity index (χ2v) is 5.77. The molecule has 0 bridgehead atoms. The molecule has 1 amide bonds. The first-order chi connectivity index (χ1) is 10.1. The Morgan fingerprint density at radius 1 is 1.33 bits per heavy atom. The summed E-state index contributed by atoms with van der Waals surface area (Å²) in [6.45, 7) is 0.381. The lowest BCUT2D eigenvalue weighted by Crippen LogP contribution is -2.21. The van der Waals surface area contributed by atoms with Gasteiger partial charge in [0.2, 0.25) is 5.95 Å². The number of carbonyl (C=O) groups excluding carboxylic acids is 1. The number of hydrogen-bond acceptors (Lipinski definition) is 4. The van der Waals surface area contributed by atoms with E-state index in [9.17, 15) is 4.79 Å². The second kappa shape index (κ2) is 4.29. The van der Waals surface area contributed by atoms with Gasteiger partial charge < -0.3 is 16.0 Å². The number of H-pyrrole nitrogens is 1. The predicted octanol–water partition coefficient (Wildman–Crippen LogP) is 2.21. The van der Waals surface area contributed by atoms with E-state index in [1.165, 1.54) is 0 Å². The zero-order chi connectivity index (χ0) is 14.6. The minimum atomic E-state index is -0.158. The molecule has 0 unspecified atom stereocenters. The number of nitrogens with one attached hydrogen (secondary N) is 2. The molecule has 104 valence electrons. The molecule has 2 aromatic heterocycles. The molecule has 4 N–H and O–H groups in total. The molecule has 1 aromatic carbocycles. The number of carbonyl (C=O) groups is 1. The summed E-state index contributed by atoms with van der Waals surface area (Å²) in [6.07, 6.45) is 1.66. The molecule has 1 aliphatic rings. The third kappa shape index (κ3) is 1.81. The molecule has 3 aromatic rings. The number of fused-ring (bicyclic) bond motifs is 5. The van der Waals surface area contributed by atoms with Gasteiger partial charge in [-0.15, -0.1) is 0 Å². The highest BCUT2D eigenvalue weighted by Gasteiger charge is 2.26. The number of nitrogens with two attached hydrogens (primary N) is 1. The predicted molar refractivity (Wildman–Crippen MR) is 82.6 cm³/mol. The fraction of sp³-hybridized carbons (Fsp3) is 0.0714. The lowest BCUT2D eigenvalue weighted by atomic mass is 10.0. The third-order valence-corrected chi connectivity index (χ3v) is 4.04. The van der Waals surface area contributed by atoms with Crippen LogP contribution in [-0.4, -0.2) is 20.9 Å². The summed E-state index contributed by atoms with van der Waals surface area (Å²) in [5.74, 6) is 0.0345. The average Bonchev–Trinajstić information content (AvgIpc) is 2.77. The number of hydrogen-bond donors (Lipinski definition) is 3. The van der Waals surface area contributed by atoms with Gasteiger partial charge in [0.15, 0.2) is 0 Å². The number of nitrogen functional groups attached to an aromatic ring is 1. The highest BCUT2D eigenvalue weighted by atomic mass is 79.9. The van der Waals surface area contributed by atoms with Crippen LogP contribution in [0.2, 0.25) is 0 Å². The Hall–Kier alpha value is -2.41. The van der Waals surface area contributed by atoms with E-state index in [0.717, 1.165) is 26.5 Å². The van der Waals surface area contributed by atoms with E-state index in [0.29, 0.717) is 17.9 Å². The van der Waals surface area contributed by atoms with Crippen molar-refractivity contribution >= 4 is 38.7 Å². The average molecular weight is 344 g/mol. The Balaban J connectivity index is 2.16. The Bertz CT molecular complexity index is 902. The molecule has 0 saturated heterocycles. The van der Waals surface area contributed by atoms with Gasteiger partial charge in [-0.2, -0.15) is 0 Å². The fourth-order valence-electron chi connectivity index (χ4n) is 2.61. The number of aromatic nitrogens is 3. The largest absolute Gasteiger partial charge is 0.368 e.